The number of rotatable bonds is 6. The Bertz CT molecular complexity index is 668. The van der Waals surface area contributed by atoms with Crippen molar-refractivity contribution in [3.05, 3.63) is 36.2 Å². The maximum Gasteiger partial charge on any atom is 0.230 e. The minimum Gasteiger partial charge on any atom is -0.376 e. The van der Waals surface area contributed by atoms with Crippen molar-refractivity contribution in [1.82, 2.24) is 20.1 Å². The molecular weight excluding hydrogens is 312 g/mol. The van der Waals surface area contributed by atoms with E-state index in [4.69, 9.17) is 4.74 Å². The van der Waals surface area contributed by atoms with Gasteiger partial charge in [-0.2, -0.15) is 0 Å². The molecule has 1 aliphatic rings. The molecule has 1 aromatic heterocycles. The van der Waals surface area contributed by atoms with Crippen LogP contribution in [0, 0.1) is 6.92 Å². The van der Waals surface area contributed by atoms with Crippen LogP contribution < -0.4 is 5.32 Å². The molecule has 1 saturated heterocycles. The molecule has 2 heterocycles. The molecule has 3 rings (SSSR count). The fourth-order valence-corrected chi connectivity index (χ4v) is 3.29. The van der Waals surface area contributed by atoms with Gasteiger partial charge in [-0.1, -0.05) is 30.0 Å². The van der Waals surface area contributed by atoms with Crippen molar-refractivity contribution >= 4 is 17.7 Å². The topological polar surface area (TPSA) is 69.0 Å². The normalized spacial score (nSPS) is 17.3. The van der Waals surface area contributed by atoms with Gasteiger partial charge in [0.2, 0.25) is 5.91 Å². The molecule has 122 valence electrons. The second-order valence-corrected chi connectivity index (χ2v) is 6.44. The predicted molar refractivity (Wildman–Crippen MR) is 88.8 cm³/mol. The van der Waals surface area contributed by atoms with Crippen molar-refractivity contribution in [3.63, 3.8) is 0 Å². The third-order valence-electron chi connectivity index (χ3n) is 3.77. The van der Waals surface area contributed by atoms with Crippen LogP contribution in [-0.2, 0) is 9.53 Å². The van der Waals surface area contributed by atoms with Crippen LogP contribution in [0.5, 0.6) is 0 Å². The molecule has 0 radical (unpaired) electrons. The minimum atomic E-state index is -0.00941. The van der Waals surface area contributed by atoms with E-state index < -0.39 is 0 Å². The molecule has 1 aliphatic heterocycles. The molecule has 1 fully saturated rings. The zero-order valence-corrected chi connectivity index (χ0v) is 13.9. The number of carbonyl (C=O) groups is 1. The van der Waals surface area contributed by atoms with Crippen LogP contribution in [0.2, 0.25) is 0 Å². The van der Waals surface area contributed by atoms with Crippen LogP contribution in [0.25, 0.3) is 5.69 Å². The fraction of sp³-hybridized carbons (Fsp3) is 0.438. The SMILES string of the molecule is Cc1ccccc1-n1cnnc1SCC(=O)NC[C@H]1CCCO1. The van der Waals surface area contributed by atoms with Gasteiger partial charge in [0.05, 0.1) is 17.5 Å². The lowest BCUT2D eigenvalue weighted by Crippen LogP contribution is -2.32. The number of nitrogens with zero attached hydrogens (tertiary/aromatic N) is 3. The predicted octanol–water partition coefficient (Wildman–Crippen LogP) is 1.96. The third kappa shape index (κ3) is 4.11. The Balaban J connectivity index is 1.55. The average Bonchev–Trinajstić information content (AvgIpc) is 3.23. The molecule has 0 unspecified atom stereocenters. The molecule has 2 aromatic rings. The van der Waals surface area contributed by atoms with Crippen molar-refractivity contribution in [2.45, 2.75) is 31.0 Å². The number of nitrogens with one attached hydrogen (secondary N) is 1. The Morgan fingerprint density at radius 3 is 3.13 bits per heavy atom. The van der Waals surface area contributed by atoms with Crippen LogP contribution in [0.3, 0.4) is 0 Å². The van der Waals surface area contributed by atoms with E-state index in [1.807, 2.05) is 35.8 Å². The molecule has 1 atom stereocenters. The first-order valence-corrected chi connectivity index (χ1v) is 8.70. The van der Waals surface area contributed by atoms with E-state index in [1.54, 1.807) is 6.33 Å². The van der Waals surface area contributed by atoms with Crippen LogP contribution in [-0.4, -0.2) is 45.7 Å². The number of ether oxygens (including phenoxy) is 1. The summed E-state index contributed by atoms with van der Waals surface area (Å²) in [6, 6.07) is 8.03. The van der Waals surface area contributed by atoms with Crippen molar-refractivity contribution in [2.24, 2.45) is 0 Å². The fourth-order valence-electron chi connectivity index (χ4n) is 2.54. The van der Waals surface area contributed by atoms with E-state index in [2.05, 4.69) is 15.5 Å². The van der Waals surface area contributed by atoms with Crippen LogP contribution in [0.4, 0.5) is 0 Å². The first-order valence-electron chi connectivity index (χ1n) is 7.71. The lowest BCUT2D eigenvalue weighted by Gasteiger charge is -2.11. The molecule has 0 saturated carbocycles. The highest BCUT2D eigenvalue weighted by molar-refractivity contribution is 7.99. The maximum absolute atomic E-state index is 12.0. The van der Waals surface area contributed by atoms with E-state index in [0.29, 0.717) is 17.5 Å². The molecular formula is C16H20N4O2S. The summed E-state index contributed by atoms with van der Waals surface area (Å²) in [6.07, 6.45) is 3.94. The lowest BCUT2D eigenvalue weighted by atomic mass is 10.2. The quantitative estimate of drug-likeness (QED) is 0.819. The van der Waals surface area contributed by atoms with Crippen LogP contribution in [0.15, 0.2) is 35.7 Å². The maximum atomic E-state index is 12.0. The molecule has 23 heavy (non-hydrogen) atoms. The lowest BCUT2D eigenvalue weighted by molar-refractivity contribution is -0.119. The molecule has 1 amide bonds. The Kier molecular flexibility index (Phi) is 5.30. The summed E-state index contributed by atoms with van der Waals surface area (Å²) in [4.78, 5) is 12.0. The van der Waals surface area contributed by atoms with Gasteiger partial charge in [0.25, 0.3) is 0 Å². The Labute approximate surface area is 139 Å². The number of para-hydroxylation sites is 1. The summed E-state index contributed by atoms with van der Waals surface area (Å²) in [5.74, 6) is 0.307. The van der Waals surface area contributed by atoms with E-state index >= 15 is 0 Å². The zero-order chi connectivity index (χ0) is 16.1. The molecule has 1 aromatic carbocycles. The van der Waals surface area contributed by atoms with Gasteiger partial charge in [0.1, 0.15) is 6.33 Å². The van der Waals surface area contributed by atoms with Gasteiger partial charge in [-0.15, -0.1) is 10.2 Å². The van der Waals surface area contributed by atoms with Gasteiger partial charge < -0.3 is 10.1 Å². The van der Waals surface area contributed by atoms with Gasteiger partial charge in [-0.25, -0.2) is 0 Å². The Morgan fingerprint density at radius 1 is 1.48 bits per heavy atom. The molecule has 1 N–H and O–H groups in total. The summed E-state index contributed by atoms with van der Waals surface area (Å²) < 4.78 is 7.41. The van der Waals surface area contributed by atoms with E-state index in [-0.39, 0.29) is 12.0 Å². The van der Waals surface area contributed by atoms with Crippen LogP contribution >= 0.6 is 11.8 Å². The zero-order valence-electron chi connectivity index (χ0n) is 13.1. The number of aryl methyl sites for hydroxylation is 1. The number of thioether (sulfide) groups is 1. The smallest absolute Gasteiger partial charge is 0.230 e. The van der Waals surface area contributed by atoms with E-state index in [1.165, 1.54) is 11.8 Å². The summed E-state index contributed by atoms with van der Waals surface area (Å²) in [7, 11) is 0. The highest BCUT2D eigenvalue weighted by atomic mass is 32.2. The molecule has 6 nitrogen and oxygen atoms in total. The van der Waals surface area contributed by atoms with Crippen molar-refractivity contribution in [3.8, 4) is 5.69 Å². The summed E-state index contributed by atoms with van der Waals surface area (Å²) in [5, 5.41) is 11.7. The summed E-state index contributed by atoms with van der Waals surface area (Å²) >= 11 is 1.38. The van der Waals surface area contributed by atoms with Crippen LogP contribution in [0.1, 0.15) is 18.4 Å². The number of aromatic nitrogens is 3. The average molecular weight is 332 g/mol. The molecule has 0 bridgehead atoms. The number of hydrogen-bond donors (Lipinski definition) is 1. The molecule has 0 spiro atoms. The largest absolute Gasteiger partial charge is 0.376 e. The number of benzene rings is 1. The second-order valence-electron chi connectivity index (χ2n) is 5.50. The monoisotopic (exact) mass is 332 g/mol. The van der Waals surface area contributed by atoms with Gasteiger partial charge in [0.15, 0.2) is 5.16 Å². The highest BCUT2D eigenvalue weighted by Crippen LogP contribution is 2.21. The minimum absolute atomic E-state index is 0.00941. The first kappa shape index (κ1) is 16.0. The third-order valence-corrected chi connectivity index (χ3v) is 4.72. The number of amides is 1. The van der Waals surface area contributed by atoms with Gasteiger partial charge in [-0.05, 0) is 31.4 Å². The molecule has 7 heteroatoms. The summed E-state index contributed by atoms with van der Waals surface area (Å²) in [6.45, 7) is 3.43. The first-order chi connectivity index (χ1) is 11.2. The van der Waals surface area contributed by atoms with Gasteiger partial charge in [-0.3, -0.25) is 9.36 Å². The van der Waals surface area contributed by atoms with Gasteiger partial charge >= 0.3 is 0 Å². The number of carbonyl (C=O) groups excluding carboxylic acids is 1. The Hall–Kier alpha value is -1.86. The van der Waals surface area contributed by atoms with Gasteiger partial charge in [0, 0.05) is 13.2 Å². The number of hydrogen-bond acceptors (Lipinski definition) is 5. The highest BCUT2D eigenvalue weighted by Gasteiger charge is 2.17. The van der Waals surface area contributed by atoms with Crippen molar-refractivity contribution in [2.75, 3.05) is 18.9 Å². The Morgan fingerprint density at radius 2 is 2.35 bits per heavy atom. The van der Waals surface area contributed by atoms with Crippen molar-refractivity contribution < 1.29 is 9.53 Å². The summed E-state index contributed by atoms with van der Waals surface area (Å²) in [5.41, 5.74) is 2.16. The molecule has 0 aliphatic carbocycles. The van der Waals surface area contributed by atoms with E-state index in [9.17, 15) is 4.79 Å². The second kappa shape index (κ2) is 7.61. The van der Waals surface area contributed by atoms with E-state index in [0.717, 1.165) is 30.7 Å². The van der Waals surface area contributed by atoms with Crippen molar-refractivity contribution in [1.29, 1.82) is 0 Å². The standard InChI is InChI=1S/C16H20N4O2S/c1-12-5-2-3-7-14(12)20-11-18-19-16(20)23-10-15(21)17-9-13-6-4-8-22-13/h2-3,5,7,11,13H,4,6,8-10H2,1H3,(H,17,21)/t13-/m1/s1.